The fourth-order valence-corrected chi connectivity index (χ4v) is 3.21. The molecule has 0 atom stereocenters. The minimum Gasteiger partial charge on any atom is -0.263 e. The van der Waals surface area contributed by atoms with Crippen LogP contribution in [0.15, 0.2) is 47.6 Å². The summed E-state index contributed by atoms with van der Waals surface area (Å²) in [5.41, 5.74) is 0.949. The van der Waals surface area contributed by atoms with E-state index in [0.29, 0.717) is 12.2 Å². The summed E-state index contributed by atoms with van der Waals surface area (Å²) >= 11 is 0. The molecule has 0 aliphatic rings. The summed E-state index contributed by atoms with van der Waals surface area (Å²) in [4.78, 5) is -0.0648. The molecule has 24 heavy (non-hydrogen) atoms. The first kappa shape index (κ1) is 16.2. The Labute approximate surface area is 138 Å². The molecule has 0 saturated heterocycles. The van der Waals surface area contributed by atoms with Gasteiger partial charge in [-0.3, -0.25) is 9.40 Å². The molecule has 2 heterocycles. The van der Waals surface area contributed by atoms with Crippen LogP contribution in [-0.2, 0) is 23.5 Å². The van der Waals surface area contributed by atoms with Crippen LogP contribution in [0.5, 0.6) is 0 Å². The zero-order valence-corrected chi connectivity index (χ0v) is 14.0. The van der Waals surface area contributed by atoms with Gasteiger partial charge in [-0.1, -0.05) is 19.1 Å². The molecule has 0 spiro atoms. The molecule has 0 fully saturated rings. The van der Waals surface area contributed by atoms with E-state index in [1.807, 2.05) is 6.92 Å². The van der Waals surface area contributed by atoms with Crippen molar-refractivity contribution in [1.29, 1.82) is 0 Å². The van der Waals surface area contributed by atoms with Crippen LogP contribution in [0.3, 0.4) is 0 Å². The molecule has 126 valence electrons. The molecule has 3 rings (SSSR count). The Balaban J connectivity index is 1.91. The minimum absolute atomic E-state index is 0.0648. The van der Waals surface area contributed by atoms with Gasteiger partial charge < -0.3 is 0 Å². The van der Waals surface area contributed by atoms with Crippen molar-refractivity contribution in [3.05, 3.63) is 54.2 Å². The summed E-state index contributed by atoms with van der Waals surface area (Å²) in [5.74, 6) is -0.137. The molecule has 1 N–H and O–H groups in total. The molecule has 0 unspecified atom stereocenters. The summed E-state index contributed by atoms with van der Waals surface area (Å²) in [6.45, 7) is 1.93. The Hall–Kier alpha value is -2.68. The van der Waals surface area contributed by atoms with Crippen LogP contribution in [-0.4, -0.2) is 28.0 Å². The molecule has 2 aromatic heterocycles. The summed E-state index contributed by atoms with van der Waals surface area (Å²) in [6.07, 6.45) is 3.13. The third-order valence-corrected chi connectivity index (χ3v) is 4.81. The van der Waals surface area contributed by atoms with Gasteiger partial charge in [0.2, 0.25) is 0 Å². The number of nitrogens with zero attached hydrogens (tertiary/aromatic N) is 4. The van der Waals surface area contributed by atoms with Gasteiger partial charge in [-0.15, -0.1) is 0 Å². The second-order valence-electron chi connectivity index (χ2n) is 5.18. The number of hydrogen-bond acceptors (Lipinski definition) is 4. The predicted molar refractivity (Wildman–Crippen MR) is 86.9 cm³/mol. The molecular weight excluding hydrogens is 333 g/mol. The summed E-state index contributed by atoms with van der Waals surface area (Å²) < 4.78 is 43.9. The SMILES string of the molecule is CCc1cc(NS(=O)(=O)c2cnn(-c3ccccc3F)c2)n(C)n1. The topological polar surface area (TPSA) is 81.8 Å². The first-order valence-corrected chi connectivity index (χ1v) is 8.74. The van der Waals surface area contributed by atoms with Gasteiger partial charge in [0, 0.05) is 13.1 Å². The largest absolute Gasteiger partial charge is 0.266 e. The van der Waals surface area contributed by atoms with Crippen LogP contribution in [0.4, 0.5) is 10.2 Å². The molecule has 0 amide bonds. The van der Waals surface area contributed by atoms with E-state index in [9.17, 15) is 12.8 Å². The first-order chi connectivity index (χ1) is 11.4. The molecule has 0 saturated carbocycles. The maximum atomic E-state index is 13.8. The predicted octanol–water partition coefficient (Wildman–Crippen LogP) is 2.11. The van der Waals surface area contributed by atoms with Crippen LogP contribution < -0.4 is 4.72 Å². The Morgan fingerprint density at radius 2 is 2.04 bits per heavy atom. The van der Waals surface area contributed by atoms with Crippen LogP contribution in [0.2, 0.25) is 0 Å². The van der Waals surface area contributed by atoms with Crippen LogP contribution in [0.1, 0.15) is 12.6 Å². The average Bonchev–Trinajstić information content (AvgIpc) is 3.15. The Bertz CT molecular complexity index is 977. The van der Waals surface area contributed by atoms with Crippen molar-refractivity contribution >= 4 is 15.8 Å². The highest BCUT2D eigenvalue weighted by molar-refractivity contribution is 7.92. The first-order valence-electron chi connectivity index (χ1n) is 7.26. The van der Waals surface area contributed by atoms with Crippen LogP contribution in [0, 0.1) is 5.82 Å². The number of para-hydroxylation sites is 1. The minimum atomic E-state index is -3.85. The lowest BCUT2D eigenvalue weighted by molar-refractivity contribution is 0.599. The summed E-state index contributed by atoms with van der Waals surface area (Å²) in [6, 6.07) is 7.66. The van der Waals surface area contributed by atoms with Crippen molar-refractivity contribution in [1.82, 2.24) is 19.6 Å². The lowest BCUT2D eigenvalue weighted by Crippen LogP contribution is -2.14. The smallest absolute Gasteiger partial charge is 0.263 e. The normalized spacial score (nSPS) is 11.6. The van der Waals surface area contributed by atoms with E-state index in [2.05, 4.69) is 14.9 Å². The van der Waals surface area contributed by atoms with Crippen molar-refractivity contribution in [3.8, 4) is 5.69 Å². The van der Waals surface area contributed by atoms with Gasteiger partial charge in [-0.25, -0.2) is 17.5 Å². The van der Waals surface area contributed by atoms with Gasteiger partial charge >= 0.3 is 0 Å². The summed E-state index contributed by atoms with van der Waals surface area (Å²) in [7, 11) is -2.19. The van der Waals surface area contributed by atoms with Gasteiger partial charge in [0.05, 0.1) is 18.1 Å². The monoisotopic (exact) mass is 349 g/mol. The lowest BCUT2D eigenvalue weighted by atomic mass is 10.3. The zero-order valence-electron chi connectivity index (χ0n) is 13.1. The molecule has 0 bridgehead atoms. The molecule has 3 aromatic rings. The highest BCUT2D eigenvalue weighted by atomic mass is 32.2. The van der Waals surface area contributed by atoms with Crippen molar-refractivity contribution in [2.45, 2.75) is 18.2 Å². The van der Waals surface area contributed by atoms with Gasteiger partial charge in [-0.05, 0) is 18.6 Å². The second-order valence-corrected chi connectivity index (χ2v) is 6.86. The van der Waals surface area contributed by atoms with Crippen molar-refractivity contribution in [2.75, 3.05) is 4.72 Å². The van der Waals surface area contributed by atoms with E-state index in [0.717, 1.165) is 5.69 Å². The fourth-order valence-electron chi connectivity index (χ4n) is 2.21. The Kier molecular flexibility index (Phi) is 4.10. The number of halogens is 1. The highest BCUT2D eigenvalue weighted by Gasteiger charge is 2.19. The molecule has 1 aromatic carbocycles. The second kappa shape index (κ2) is 6.08. The number of aryl methyl sites for hydroxylation is 2. The van der Waals surface area contributed by atoms with E-state index in [1.54, 1.807) is 25.2 Å². The van der Waals surface area contributed by atoms with Crippen LogP contribution >= 0.6 is 0 Å². The lowest BCUT2D eigenvalue weighted by Gasteiger charge is -2.05. The standard InChI is InChI=1S/C15H16FN5O2S/c1-3-11-8-15(20(2)18-11)19-24(22,23)12-9-17-21(10-12)14-7-5-4-6-13(14)16/h4-10,19H,3H2,1-2H3. The van der Waals surface area contributed by atoms with E-state index in [4.69, 9.17) is 0 Å². The Morgan fingerprint density at radius 3 is 2.71 bits per heavy atom. The molecule has 0 aliphatic heterocycles. The number of nitrogens with one attached hydrogen (secondary N) is 1. The highest BCUT2D eigenvalue weighted by Crippen LogP contribution is 2.19. The molecule has 0 radical (unpaired) electrons. The molecular formula is C15H16FN5O2S. The van der Waals surface area contributed by atoms with Gasteiger partial charge in [0.1, 0.15) is 22.2 Å². The van der Waals surface area contributed by atoms with E-state index in [1.165, 1.54) is 33.9 Å². The Morgan fingerprint density at radius 1 is 1.29 bits per heavy atom. The fraction of sp³-hybridized carbons (Fsp3) is 0.200. The third-order valence-electron chi connectivity index (χ3n) is 3.50. The maximum Gasteiger partial charge on any atom is 0.266 e. The van der Waals surface area contributed by atoms with E-state index >= 15 is 0 Å². The molecule has 0 aliphatic carbocycles. The zero-order chi connectivity index (χ0) is 17.3. The number of rotatable bonds is 5. The third kappa shape index (κ3) is 3.02. The van der Waals surface area contributed by atoms with Crippen LogP contribution in [0.25, 0.3) is 5.69 Å². The van der Waals surface area contributed by atoms with Crippen molar-refractivity contribution in [3.63, 3.8) is 0 Å². The quantitative estimate of drug-likeness (QED) is 0.765. The number of anilines is 1. The van der Waals surface area contributed by atoms with Gasteiger partial charge in [0.15, 0.2) is 0 Å². The average molecular weight is 349 g/mol. The van der Waals surface area contributed by atoms with Gasteiger partial charge in [0.25, 0.3) is 10.0 Å². The van der Waals surface area contributed by atoms with Crippen molar-refractivity contribution in [2.24, 2.45) is 7.05 Å². The number of hydrogen-bond donors (Lipinski definition) is 1. The molecule has 9 heteroatoms. The van der Waals surface area contributed by atoms with Crippen molar-refractivity contribution < 1.29 is 12.8 Å². The van der Waals surface area contributed by atoms with E-state index in [-0.39, 0.29) is 10.6 Å². The van der Waals surface area contributed by atoms with Gasteiger partial charge in [-0.2, -0.15) is 10.2 Å². The number of sulfonamides is 1. The maximum absolute atomic E-state index is 13.8. The number of aromatic nitrogens is 4. The molecule has 7 nitrogen and oxygen atoms in total. The van der Waals surface area contributed by atoms with E-state index < -0.39 is 15.8 Å². The summed E-state index contributed by atoms with van der Waals surface area (Å²) in [5, 5.41) is 8.12. The number of benzene rings is 1.